The van der Waals surface area contributed by atoms with E-state index in [1.165, 1.54) is 24.3 Å². The molecule has 30 heavy (non-hydrogen) atoms. The summed E-state index contributed by atoms with van der Waals surface area (Å²) in [6, 6.07) is 15.5. The van der Waals surface area contributed by atoms with Crippen LogP contribution >= 0.6 is 0 Å². The Bertz CT molecular complexity index is 1010. The van der Waals surface area contributed by atoms with Gasteiger partial charge in [0.25, 0.3) is 5.69 Å². The molecule has 154 valence electrons. The topological polar surface area (TPSA) is 110 Å². The summed E-state index contributed by atoms with van der Waals surface area (Å²) in [7, 11) is 0. The fourth-order valence-corrected chi connectivity index (χ4v) is 4.47. The van der Waals surface area contributed by atoms with E-state index in [-0.39, 0.29) is 41.6 Å². The van der Waals surface area contributed by atoms with Crippen LogP contribution in [0.25, 0.3) is 0 Å². The van der Waals surface area contributed by atoms with Crippen molar-refractivity contribution in [2.24, 2.45) is 11.8 Å². The Hall–Kier alpha value is -3.55. The van der Waals surface area contributed by atoms with Crippen molar-refractivity contribution in [3.05, 3.63) is 70.3 Å². The number of rotatable bonds is 5. The average Bonchev–Trinajstić information content (AvgIpc) is 2.99. The number of fused-ring (bicyclic) bond motifs is 1. The third-order valence-electron chi connectivity index (χ3n) is 5.93. The summed E-state index contributed by atoms with van der Waals surface area (Å²) in [6.07, 6.45) is 2.05. The van der Waals surface area contributed by atoms with Gasteiger partial charge in [-0.05, 0) is 36.8 Å². The van der Waals surface area contributed by atoms with E-state index in [9.17, 15) is 24.5 Å². The number of benzene rings is 2. The van der Waals surface area contributed by atoms with E-state index in [1.807, 2.05) is 30.3 Å². The molecule has 1 saturated heterocycles. The maximum Gasteiger partial charge on any atom is 0.271 e. The van der Waals surface area contributed by atoms with Gasteiger partial charge in [0.1, 0.15) is 6.54 Å². The maximum absolute atomic E-state index is 12.9. The van der Waals surface area contributed by atoms with Crippen molar-refractivity contribution in [1.29, 1.82) is 0 Å². The third kappa shape index (κ3) is 3.80. The van der Waals surface area contributed by atoms with Crippen molar-refractivity contribution in [2.45, 2.75) is 25.2 Å². The van der Waals surface area contributed by atoms with Crippen LogP contribution in [0.3, 0.4) is 0 Å². The van der Waals surface area contributed by atoms with Gasteiger partial charge in [-0.25, -0.2) is 0 Å². The van der Waals surface area contributed by atoms with Gasteiger partial charge in [0.15, 0.2) is 0 Å². The summed E-state index contributed by atoms with van der Waals surface area (Å²) in [5, 5.41) is 13.4. The van der Waals surface area contributed by atoms with Crippen LogP contribution in [0.5, 0.6) is 0 Å². The van der Waals surface area contributed by atoms with Gasteiger partial charge in [-0.1, -0.05) is 36.4 Å². The van der Waals surface area contributed by atoms with Crippen LogP contribution in [-0.4, -0.2) is 34.1 Å². The highest BCUT2D eigenvalue weighted by Crippen LogP contribution is 2.44. The van der Waals surface area contributed by atoms with Crippen LogP contribution in [0.15, 0.2) is 54.6 Å². The minimum absolute atomic E-state index is 0.154. The zero-order valence-corrected chi connectivity index (χ0v) is 16.2. The van der Waals surface area contributed by atoms with Gasteiger partial charge in [0, 0.05) is 17.8 Å². The van der Waals surface area contributed by atoms with Gasteiger partial charge < -0.3 is 5.32 Å². The highest BCUT2D eigenvalue weighted by molar-refractivity contribution is 6.08. The average molecular weight is 407 g/mol. The van der Waals surface area contributed by atoms with E-state index in [0.717, 1.165) is 16.9 Å². The Balaban J connectivity index is 1.42. The van der Waals surface area contributed by atoms with Gasteiger partial charge >= 0.3 is 0 Å². The highest BCUT2D eigenvalue weighted by Gasteiger charge is 2.50. The lowest BCUT2D eigenvalue weighted by Gasteiger charge is -2.28. The molecule has 2 aliphatic rings. The number of likely N-dealkylation sites (tertiary alicyclic amines) is 1. The number of nitrogens with zero attached hydrogens (tertiary/aromatic N) is 2. The Morgan fingerprint density at radius 2 is 1.77 bits per heavy atom. The molecule has 0 unspecified atom stereocenters. The second-order valence-corrected chi connectivity index (χ2v) is 7.75. The number of carbonyl (C=O) groups is 3. The SMILES string of the molecule is O=C(CN1C(=O)[C@H]2C[C@@H](c3ccccc3)CC[C@H]2C1=O)Nc1cccc([N+](=O)[O-])c1. The van der Waals surface area contributed by atoms with Crippen LogP contribution < -0.4 is 5.32 Å². The Labute approximate surface area is 173 Å². The van der Waals surface area contributed by atoms with E-state index in [4.69, 9.17) is 0 Å². The summed E-state index contributed by atoms with van der Waals surface area (Å²) < 4.78 is 0. The molecule has 3 atom stereocenters. The number of nitro benzene ring substituents is 1. The zero-order chi connectivity index (χ0) is 21.3. The number of hydrogen-bond acceptors (Lipinski definition) is 5. The van der Waals surface area contributed by atoms with Crippen LogP contribution in [0.4, 0.5) is 11.4 Å². The molecule has 2 aromatic carbocycles. The van der Waals surface area contributed by atoms with E-state index in [1.54, 1.807) is 0 Å². The van der Waals surface area contributed by atoms with Crippen LogP contribution in [0.2, 0.25) is 0 Å². The van der Waals surface area contributed by atoms with E-state index < -0.39 is 16.7 Å². The molecule has 3 amide bonds. The molecule has 1 heterocycles. The van der Waals surface area contributed by atoms with Crippen LogP contribution in [0.1, 0.15) is 30.7 Å². The molecule has 0 aromatic heterocycles. The number of anilines is 1. The molecule has 1 saturated carbocycles. The minimum atomic E-state index is -0.560. The molecule has 2 aromatic rings. The highest BCUT2D eigenvalue weighted by atomic mass is 16.6. The predicted octanol–water partition coefficient (Wildman–Crippen LogP) is 3.10. The quantitative estimate of drug-likeness (QED) is 0.465. The molecule has 2 fully saturated rings. The molecule has 8 nitrogen and oxygen atoms in total. The van der Waals surface area contributed by atoms with E-state index in [2.05, 4.69) is 5.32 Å². The lowest BCUT2D eigenvalue weighted by molar-refractivity contribution is -0.384. The van der Waals surface area contributed by atoms with Crippen LogP contribution in [0, 0.1) is 22.0 Å². The molecular weight excluding hydrogens is 386 g/mol. The second kappa shape index (κ2) is 8.06. The summed E-state index contributed by atoms with van der Waals surface area (Å²) in [4.78, 5) is 49.4. The van der Waals surface area contributed by atoms with Crippen molar-refractivity contribution < 1.29 is 19.3 Å². The van der Waals surface area contributed by atoms with E-state index >= 15 is 0 Å². The Morgan fingerprint density at radius 3 is 2.50 bits per heavy atom. The fourth-order valence-electron chi connectivity index (χ4n) is 4.47. The molecule has 4 rings (SSSR count). The van der Waals surface area contributed by atoms with Crippen molar-refractivity contribution in [3.8, 4) is 0 Å². The smallest absolute Gasteiger partial charge is 0.271 e. The number of imide groups is 1. The van der Waals surface area contributed by atoms with Crippen molar-refractivity contribution in [1.82, 2.24) is 4.90 Å². The predicted molar refractivity (Wildman–Crippen MR) is 108 cm³/mol. The maximum atomic E-state index is 12.9. The molecule has 8 heteroatoms. The lowest BCUT2D eigenvalue weighted by Crippen LogP contribution is -2.38. The first-order chi connectivity index (χ1) is 14.4. The molecule has 1 aliphatic heterocycles. The Morgan fingerprint density at radius 1 is 1.03 bits per heavy atom. The Kier molecular flexibility index (Phi) is 5.31. The van der Waals surface area contributed by atoms with Gasteiger partial charge in [-0.2, -0.15) is 0 Å². The normalized spacial score (nSPS) is 23.2. The van der Waals surface area contributed by atoms with Crippen molar-refractivity contribution in [3.63, 3.8) is 0 Å². The lowest BCUT2D eigenvalue weighted by atomic mass is 9.73. The fraction of sp³-hybridized carbons (Fsp3) is 0.318. The molecular formula is C22H21N3O5. The summed E-state index contributed by atoms with van der Waals surface area (Å²) in [6.45, 7) is -0.386. The summed E-state index contributed by atoms with van der Waals surface area (Å²) in [5.41, 5.74) is 1.26. The first-order valence-electron chi connectivity index (χ1n) is 9.88. The van der Waals surface area contributed by atoms with Crippen molar-refractivity contribution in [2.75, 3.05) is 11.9 Å². The number of amides is 3. The number of nitro groups is 1. The second-order valence-electron chi connectivity index (χ2n) is 7.75. The minimum Gasteiger partial charge on any atom is -0.324 e. The monoisotopic (exact) mass is 407 g/mol. The van der Waals surface area contributed by atoms with Gasteiger partial charge in [-0.15, -0.1) is 0 Å². The van der Waals surface area contributed by atoms with Gasteiger partial charge in [0.05, 0.1) is 16.8 Å². The zero-order valence-electron chi connectivity index (χ0n) is 16.2. The molecule has 0 radical (unpaired) electrons. The molecule has 0 bridgehead atoms. The van der Waals surface area contributed by atoms with Gasteiger partial charge in [0.2, 0.25) is 17.7 Å². The van der Waals surface area contributed by atoms with Crippen molar-refractivity contribution >= 4 is 29.1 Å². The summed E-state index contributed by atoms with van der Waals surface area (Å²) in [5.74, 6) is -1.71. The largest absolute Gasteiger partial charge is 0.324 e. The third-order valence-corrected chi connectivity index (χ3v) is 5.93. The van der Waals surface area contributed by atoms with E-state index in [0.29, 0.717) is 12.8 Å². The molecule has 1 aliphatic carbocycles. The first kappa shape index (κ1) is 19.8. The number of carbonyl (C=O) groups excluding carboxylic acids is 3. The van der Waals surface area contributed by atoms with Gasteiger partial charge in [-0.3, -0.25) is 29.4 Å². The number of hydrogen-bond donors (Lipinski definition) is 1. The molecule has 1 N–H and O–H groups in total. The number of non-ortho nitro benzene ring substituents is 1. The standard InChI is InChI=1S/C22H21N3O5/c26-20(23-16-7-4-8-17(12-16)25(29)30)13-24-21(27)18-10-9-15(11-19(18)22(24)28)14-5-2-1-3-6-14/h1-8,12,15,18-19H,9-11,13H2,(H,23,26)/t15-,18+,19-/m0/s1. The number of nitrogens with one attached hydrogen (secondary N) is 1. The summed E-state index contributed by atoms with van der Waals surface area (Å²) >= 11 is 0. The first-order valence-corrected chi connectivity index (χ1v) is 9.88. The van der Waals surface area contributed by atoms with Crippen LogP contribution in [-0.2, 0) is 14.4 Å². The molecule has 0 spiro atoms.